The van der Waals surface area contributed by atoms with Gasteiger partial charge in [-0.15, -0.1) is 0 Å². The molecule has 1 aliphatic rings. The topological polar surface area (TPSA) is 226 Å². The Bertz CT molecular complexity index is 1450. The molecule has 4 aromatic rings. The van der Waals surface area contributed by atoms with Crippen molar-refractivity contribution in [2.75, 3.05) is 24.6 Å². The lowest BCUT2D eigenvalue weighted by Gasteiger charge is -2.19. The van der Waals surface area contributed by atoms with Gasteiger partial charge in [0, 0.05) is 17.9 Å². The summed E-state index contributed by atoms with van der Waals surface area (Å²) in [5, 5.41) is 27.6. The van der Waals surface area contributed by atoms with E-state index in [0.717, 1.165) is 28.6 Å². The Morgan fingerprint density at radius 3 is 2.95 bits per heavy atom. The highest BCUT2D eigenvalue weighted by Gasteiger charge is 2.45. The lowest BCUT2D eigenvalue weighted by atomic mass is 10.1. The van der Waals surface area contributed by atoms with E-state index in [9.17, 15) is 15.0 Å². The van der Waals surface area contributed by atoms with E-state index in [1.54, 1.807) is 0 Å². The maximum atomic E-state index is 12.6. The number of nitrogens with one attached hydrogen (secondary N) is 2. The van der Waals surface area contributed by atoms with Crippen LogP contribution in [-0.4, -0.2) is 82.8 Å². The zero-order valence-electron chi connectivity index (χ0n) is 19.3. The average molecular weight is 526 g/mol. The second kappa shape index (κ2) is 10.6. The first-order valence-electron chi connectivity index (χ1n) is 11.3. The molecular weight excluding hydrogens is 502 g/mol. The van der Waals surface area contributed by atoms with E-state index in [1.807, 2.05) is 24.3 Å². The van der Waals surface area contributed by atoms with E-state index >= 15 is 0 Å². The summed E-state index contributed by atoms with van der Waals surface area (Å²) < 4.78 is 7.26. The number of azide groups is 1. The zero-order chi connectivity index (χ0) is 25.9. The quantitative estimate of drug-likeness (QED) is 0.0887. The molecule has 1 fully saturated rings. The molecule has 1 amide bonds. The minimum absolute atomic E-state index is 0.00427. The molecule has 6 N–H and O–H groups in total. The normalized spacial score (nSPS) is 21.4. The number of thioether (sulfide) groups is 1. The Morgan fingerprint density at radius 1 is 1.30 bits per heavy atom. The van der Waals surface area contributed by atoms with Gasteiger partial charge in [-0.1, -0.05) is 29.0 Å². The van der Waals surface area contributed by atoms with Crippen molar-refractivity contribution in [3.63, 3.8) is 0 Å². The number of anilines is 1. The highest BCUT2D eigenvalue weighted by atomic mass is 32.2. The van der Waals surface area contributed by atoms with Crippen LogP contribution in [-0.2, 0) is 16.0 Å². The van der Waals surface area contributed by atoms with Crippen LogP contribution < -0.4 is 11.1 Å². The minimum atomic E-state index is -1.37. The van der Waals surface area contributed by atoms with Crippen molar-refractivity contribution >= 4 is 45.7 Å². The number of fused-ring (bicyclic) bond motifs is 2. The van der Waals surface area contributed by atoms with Crippen LogP contribution in [0.4, 0.5) is 5.82 Å². The lowest BCUT2D eigenvalue weighted by Crippen LogP contribution is -2.33. The molecule has 0 bridgehead atoms. The number of ether oxygens (including phenoxy) is 1. The van der Waals surface area contributed by atoms with Crippen molar-refractivity contribution in [1.29, 1.82) is 0 Å². The van der Waals surface area contributed by atoms with Gasteiger partial charge in [-0.3, -0.25) is 9.36 Å². The first-order valence-corrected chi connectivity index (χ1v) is 12.3. The van der Waals surface area contributed by atoms with E-state index in [-0.39, 0.29) is 40.3 Å². The number of amides is 1. The summed E-state index contributed by atoms with van der Waals surface area (Å²) in [6.07, 6.45) is -2.96. The number of benzene rings is 1. The first-order chi connectivity index (χ1) is 18.0. The molecule has 0 saturated carbocycles. The fourth-order valence-corrected chi connectivity index (χ4v) is 4.92. The van der Waals surface area contributed by atoms with Gasteiger partial charge in [0.15, 0.2) is 28.4 Å². The standard InChI is InChI=1S/C21H23N11O4S/c22-18-15-19(26-9-25-18)32(20-17(35)16(34)12(36-20)7-27-31-23)21(30-15)37-8-14(33)24-6-5-13-28-10-3-1-2-4-11(10)29-13/h1-4,9,12,16-17,20,34-35H,5-8H2,(H,24,33)(H,28,29)(H2,22,25,26)/t12-,16-,17-,20-/m1/s1. The van der Waals surface area contributed by atoms with Gasteiger partial charge in [-0.25, -0.2) is 19.9 Å². The maximum absolute atomic E-state index is 12.6. The number of H-pyrrole nitrogens is 1. The van der Waals surface area contributed by atoms with E-state index in [4.69, 9.17) is 16.0 Å². The monoisotopic (exact) mass is 525 g/mol. The van der Waals surface area contributed by atoms with E-state index in [0.29, 0.717) is 13.0 Å². The fourth-order valence-electron chi connectivity index (χ4n) is 4.07. The molecule has 0 aliphatic carbocycles. The summed E-state index contributed by atoms with van der Waals surface area (Å²) in [5.74, 6) is 0.642. The Labute approximate surface area is 213 Å². The van der Waals surface area contributed by atoms with Crippen molar-refractivity contribution in [3.05, 3.63) is 46.9 Å². The second-order valence-electron chi connectivity index (χ2n) is 8.24. The smallest absolute Gasteiger partial charge is 0.230 e. The van der Waals surface area contributed by atoms with Crippen LogP contribution in [0.15, 0.2) is 40.9 Å². The molecular formula is C21H23N11O4S. The number of aromatic nitrogens is 6. The summed E-state index contributed by atoms with van der Waals surface area (Å²) in [4.78, 5) is 35.6. The average Bonchev–Trinajstić information content (AvgIpc) is 3.56. The molecule has 0 spiro atoms. The predicted molar refractivity (Wildman–Crippen MR) is 133 cm³/mol. The third kappa shape index (κ3) is 5.00. The molecule has 5 rings (SSSR count). The number of aliphatic hydroxyl groups is 2. The lowest BCUT2D eigenvalue weighted by molar-refractivity contribution is -0.118. The van der Waals surface area contributed by atoms with Gasteiger partial charge in [0.1, 0.15) is 24.4 Å². The van der Waals surface area contributed by atoms with Crippen molar-refractivity contribution in [2.45, 2.75) is 36.1 Å². The molecule has 3 aromatic heterocycles. The summed E-state index contributed by atoms with van der Waals surface area (Å²) in [7, 11) is 0. The number of nitrogens with zero attached hydrogens (tertiary/aromatic N) is 8. The molecule has 1 aromatic carbocycles. The summed E-state index contributed by atoms with van der Waals surface area (Å²) in [6, 6.07) is 7.69. The number of hydrogen-bond acceptors (Lipinski definition) is 11. The van der Waals surface area contributed by atoms with Crippen molar-refractivity contribution in [2.24, 2.45) is 5.11 Å². The molecule has 16 heteroatoms. The molecule has 4 heterocycles. The van der Waals surface area contributed by atoms with Crippen LogP contribution in [0.5, 0.6) is 0 Å². The highest BCUT2D eigenvalue weighted by molar-refractivity contribution is 7.99. The largest absolute Gasteiger partial charge is 0.388 e. The maximum Gasteiger partial charge on any atom is 0.230 e. The van der Waals surface area contributed by atoms with Crippen LogP contribution >= 0.6 is 11.8 Å². The number of imidazole rings is 2. The third-order valence-corrected chi connectivity index (χ3v) is 6.80. The number of rotatable bonds is 9. The van der Waals surface area contributed by atoms with Crippen LogP contribution in [0.3, 0.4) is 0 Å². The van der Waals surface area contributed by atoms with Crippen LogP contribution in [0.1, 0.15) is 12.1 Å². The van der Waals surface area contributed by atoms with Crippen molar-refractivity contribution < 1.29 is 19.7 Å². The second-order valence-corrected chi connectivity index (χ2v) is 9.19. The molecule has 1 saturated heterocycles. The van der Waals surface area contributed by atoms with Crippen LogP contribution in [0.25, 0.3) is 32.6 Å². The number of hydrogen-bond donors (Lipinski definition) is 5. The number of nitrogen functional groups attached to an aromatic ring is 1. The van der Waals surface area contributed by atoms with Crippen LogP contribution in [0, 0.1) is 0 Å². The molecule has 0 unspecified atom stereocenters. The van der Waals surface area contributed by atoms with Gasteiger partial charge >= 0.3 is 0 Å². The number of para-hydroxylation sites is 2. The van der Waals surface area contributed by atoms with Crippen molar-refractivity contribution in [3.8, 4) is 0 Å². The first kappa shape index (κ1) is 24.7. The molecule has 0 radical (unpaired) electrons. The minimum Gasteiger partial charge on any atom is -0.388 e. The van der Waals surface area contributed by atoms with E-state index < -0.39 is 24.5 Å². The predicted octanol–water partition coefficient (Wildman–Crippen LogP) is 0.665. The highest BCUT2D eigenvalue weighted by Crippen LogP contribution is 2.36. The van der Waals surface area contributed by atoms with Gasteiger partial charge < -0.3 is 31.0 Å². The number of aromatic amines is 1. The van der Waals surface area contributed by atoms with E-state index in [2.05, 4.69) is 40.3 Å². The van der Waals surface area contributed by atoms with E-state index in [1.165, 1.54) is 10.9 Å². The Kier molecular flexibility index (Phi) is 7.07. The van der Waals surface area contributed by atoms with Gasteiger partial charge in [0.2, 0.25) is 5.91 Å². The Morgan fingerprint density at radius 2 is 2.14 bits per heavy atom. The number of carbonyl (C=O) groups is 1. The van der Waals surface area contributed by atoms with Gasteiger partial charge in [0.05, 0.1) is 29.4 Å². The zero-order valence-corrected chi connectivity index (χ0v) is 20.1. The Balaban J connectivity index is 1.28. The molecule has 192 valence electrons. The third-order valence-electron chi connectivity index (χ3n) is 5.84. The Hall–Kier alpha value is -3.95. The fraction of sp³-hybridized carbons (Fsp3) is 0.381. The van der Waals surface area contributed by atoms with Crippen molar-refractivity contribution in [1.82, 2.24) is 34.8 Å². The van der Waals surface area contributed by atoms with Gasteiger partial charge in [0.25, 0.3) is 0 Å². The summed E-state index contributed by atoms with van der Waals surface area (Å²) in [5.41, 5.74) is 16.9. The SMILES string of the molecule is [N-]=[N+]=NC[C@H]1O[C@@H](n2c(SCC(=O)NCCc3nc4ccccc4[nH]3)nc3c(N)ncnc32)[C@H](O)[C@@H]1O. The molecule has 37 heavy (non-hydrogen) atoms. The number of aliphatic hydroxyl groups excluding tert-OH is 2. The summed E-state index contributed by atoms with van der Waals surface area (Å²) >= 11 is 1.09. The molecule has 4 atom stereocenters. The summed E-state index contributed by atoms with van der Waals surface area (Å²) in [6.45, 7) is 0.205. The van der Waals surface area contributed by atoms with Crippen LogP contribution in [0.2, 0.25) is 0 Å². The molecule has 1 aliphatic heterocycles. The molecule has 15 nitrogen and oxygen atoms in total. The van der Waals surface area contributed by atoms with Gasteiger partial charge in [-0.05, 0) is 17.7 Å². The number of carbonyl (C=O) groups excluding carboxylic acids is 1. The number of nitrogens with two attached hydrogens (primary N) is 1. The van der Waals surface area contributed by atoms with Gasteiger partial charge in [-0.2, -0.15) is 0 Å².